The molecule has 0 aliphatic heterocycles. The Morgan fingerprint density at radius 3 is 1.62 bits per heavy atom. The summed E-state index contributed by atoms with van der Waals surface area (Å²) in [6.07, 6.45) is 22.8. The highest BCUT2D eigenvalue weighted by molar-refractivity contribution is 6.15. The van der Waals surface area contributed by atoms with E-state index in [4.69, 9.17) is 5.73 Å². The van der Waals surface area contributed by atoms with Crippen LogP contribution in [0.3, 0.4) is 0 Å². The third kappa shape index (κ3) is 5.62. The maximum atomic E-state index is 6.71. The van der Waals surface area contributed by atoms with E-state index >= 15 is 0 Å². The first-order chi connectivity index (χ1) is 10.2. The highest BCUT2D eigenvalue weighted by Crippen LogP contribution is 2.49. The fourth-order valence-corrected chi connectivity index (χ4v) is 4.99. The molecule has 0 aromatic rings. The molecule has 2 unspecified atom stereocenters. The zero-order valence-corrected chi connectivity index (χ0v) is 14.5. The monoisotopic (exact) mass is 291 g/mol. The van der Waals surface area contributed by atoms with Crippen LogP contribution in [0.25, 0.3) is 0 Å². The van der Waals surface area contributed by atoms with E-state index in [2.05, 4.69) is 7.85 Å². The summed E-state index contributed by atoms with van der Waals surface area (Å²) < 4.78 is 0. The third-order valence-corrected chi connectivity index (χ3v) is 6.46. The lowest BCUT2D eigenvalue weighted by Crippen LogP contribution is -2.40. The number of rotatable bonds is 1. The molecule has 0 bridgehead atoms. The van der Waals surface area contributed by atoms with E-state index in [1.165, 1.54) is 103 Å². The summed E-state index contributed by atoms with van der Waals surface area (Å²) in [6.45, 7) is 0. The quantitative estimate of drug-likeness (QED) is 0.677. The van der Waals surface area contributed by atoms with Crippen LogP contribution in [-0.4, -0.2) is 13.9 Å². The van der Waals surface area contributed by atoms with Crippen LogP contribution in [0.4, 0.5) is 0 Å². The van der Waals surface area contributed by atoms with Crippen LogP contribution in [-0.2, 0) is 0 Å². The van der Waals surface area contributed by atoms with Gasteiger partial charge < -0.3 is 5.73 Å². The van der Waals surface area contributed by atoms with E-state index in [9.17, 15) is 0 Å². The largest absolute Gasteiger partial charge is 0.327 e. The molecular formula is C19H38BN. The Morgan fingerprint density at radius 1 is 0.619 bits per heavy atom. The van der Waals surface area contributed by atoms with E-state index in [0.717, 1.165) is 5.92 Å². The van der Waals surface area contributed by atoms with Crippen LogP contribution in [0.2, 0.25) is 5.31 Å². The molecular weight excluding hydrogens is 253 g/mol. The fraction of sp³-hybridized carbons (Fsp3) is 1.00. The van der Waals surface area contributed by atoms with Gasteiger partial charge in [0.2, 0.25) is 0 Å². The predicted molar refractivity (Wildman–Crippen MR) is 96.6 cm³/mol. The molecule has 2 fully saturated rings. The molecule has 2 aliphatic carbocycles. The zero-order chi connectivity index (χ0) is 15.0. The van der Waals surface area contributed by atoms with Crippen molar-refractivity contribution in [3.63, 3.8) is 0 Å². The molecule has 0 saturated heterocycles. The molecule has 1 nitrogen and oxygen atoms in total. The van der Waals surface area contributed by atoms with Gasteiger partial charge in [-0.2, -0.15) is 0 Å². The van der Waals surface area contributed by atoms with E-state index in [1.807, 2.05) is 0 Å². The zero-order valence-electron chi connectivity index (χ0n) is 14.5. The maximum Gasteiger partial charge on any atom is 0.109 e. The molecule has 21 heavy (non-hydrogen) atoms. The Hall–Kier alpha value is 0.0249. The van der Waals surface area contributed by atoms with Gasteiger partial charge in [0.05, 0.1) is 0 Å². The molecule has 122 valence electrons. The van der Waals surface area contributed by atoms with E-state index in [0.29, 0.717) is 11.4 Å². The summed E-state index contributed by atoms with van der Waals surface area (Å²) in [5.74, 6) is 0.790. The lowest BCUT2D eigenvalue weighted by Gasteiger charge is -2.44. The molecule has 2 saturated carbocycles. The van der Waals surface area contributed by atoms with E-state index in [1.54, 1.807) is 0 Å². The van der Waals surface area contributed by atoms with Gasteiger partial charge in [0.25, 0.3) is 0 Å². The second-order valence-corrected chi connectivity index (χ2v) is 8.24. The van der Waals surface area contributed by atoms with Crippen LogP contribution in [0.15, 0.2) is 0 Å². The molecule has 0 heterocycles. The average molecular weight is 291 g/mol. The number of nitrogens with two attached hydrogens (primary N) is 1. The van der Waals surface area contributed by atoms with Crippen molar-refractivity contribution in [3.8, 4) is 0 Å². The van der Waals surface area contributed by atoms with Crippen LogP contribution in [0.5, 0.6) is 0 Å². The highest BCUT2D eigenvalue weighted by atomic mass is 14.7. The van der Waals surface area contributed by atoms with E-state index in [-0.39, 0.29) is 0 Å². The van der Waals surface area contributed by atoms with Crippen molar-refractivity contribution < 1.29 is 0 Å². The van der Waals surface area contributed by atoms with Crippen molar-refractivity contribution in [1.29, 1.82) is 0 Å². The van der Waals surface area contributed by atoms with Crippen LogP contribution >= 0.6 is 0 Å². The van der Waals surface area contributed by atoms with Gasteiger partial charge in [-0.1, -0.05) is 95.2 Å². The Bertz CT molecular complexity index is 273. The number of hydrogen-bond acceptors (Lipinski definition) is 1. The summed E-state index contributed by atoms with van der Waals surface area (Å²) >= 11 is 0. The minimum absolute atomic E-state index is 0.467. The van der Waals surface area contributed by atoms with Gasteiger partial charge in [-0.15, -0.1) is 0 Å². The van der Waals surface area contributed by atoms with Crippen LogP contribution in [0, 0.1) is 5.92 Å². The predicted octanol–water partition coefficient (Wildman–Crippen LogP) is 4.99. The topological polar surface area (TPSA) is 26.0 Å². The van der Waals surface area contributed by atoms with E-state index < -0.39 is 0 Å². The van der Waals surface area contributed by atoms with Gasteiger partial charge in [-0.25, -0.2) is 0 Å². The third-order valence-electron chi connectivity index (χ3n) is 6.46. The van der Waals surface area contributed by atoms with Gasteiger partial charge in [-0.05, 0) is 18.8 Å². The first-order valence-electron chi connectivity index (χ1n) is 9.98. The minimum atomic E-state index is 0.467. The summed E-state index contributed by atoms with van der Waals surface area (Å²) in [6, 6.07) is 0.467. The summed E-state index contributed by atoms with van der Waals surface area (Å²) in [5, 5.41) is 0.553. The van der Waals surface area contributed by atoms with Crippen molar-refractivity contribution in [1.82, 2.24) is 0 Å². The number of hydrogen-bond donors (Lipinski definition) is 1. The van der Waals surface area contributed by atoms with Gasteiger partial charge in [0.15, 0.2) is 0 Å². The van der Waals surface area contributed by atoms with Crippen LogP contribution < -0.4 is 5.73 Å². The molecule has 2 atom stereocenters. The summed E-state index contributed by atoms with van der Waals surface area (Å²) in [4.78, 5) is 0. The Balaban J connectivity index is 1.95. The summed E-state index contributed by atoms with van der Waals surface area (Å²) in [5.41, 5.74) is 6.71. The van der Waals surface area contributed by atoms with Gasteiger partial charge in [0, 0.05) is 6.04 Å². The lowest BCUT2D eigenvalue weighted by molar-refractivity contribution is 0.209. The van der Waals surface area contributed by atoms with Gasteiger partial charge >= 0.3 is 0 Å². The molecule has 2 rings (SSSR count). The summed E-state index contributed by atoms with van der Waals surface area (Å²) in [7, 11) is 2.56. The minimum Gasteiger partial charge on any atom is -0.327 e. The standard InChI is InChI=1S/C19H38BN/c20-19(15-11-8-12-16-19)17-13-9-6-4-2-1-3-5-7-10-14-18(17)21/h17-18H,1-16,20-21H2. The molecule has 0 aromatic heterocycles. The molecule has 2 aliphatic rings. The second-order valence-electron chi connectivity index (χ2n) is 8.24. The average Bonchev–Trinajstić information content (AvgIpc) is 2.50. The van der Waals surface area contributed by atoms with Gasteiger partial charge in [0.1, 0.15) is 7.85 Å². The maximum absolute atomic E-state index is 6.71. The van der Waals surface area contributed by atoms with Crippen LogP contribution in [0.1, 0.15) is 103 Å². The fourth-order valence-electron chi connectivity index (χ4n) is 4.99. The van der Waals surface area contributed by atoms with Crippen molar-refractivity contribution in [2.45, 2.75) is 114 Å². The lowest BCUT2D eigenvalue weighted by atomic mass is 9.51. The molecule has 0 amide bonds. The molecule has 2 heteroatoms. The smallest absolute Gasteiger partial charge is 0.109 e. The highest BCUT2D eigenvalue weighted by Gasteiger charge is 2.37. The molecule has 0 spiro atoms. The Morgan fingerprint density at radius 2 is 1.05 bits per heavy atom. The molecule has 2 N–H and O–H groups in total. The van der Waals surface area contributed by atoms with Gasteiger partial charge in [-0.3, -0.25) is 0 Å². The van der Waals surface area contributed by atoms with Crippen molar-refractivity contribution in [3.05, 3.63) is 0 Å². The first kappa shape index (κ1) is 17.4. The SMILES string of the molecule is BC1(C2CCCCCCCCCCCC2N)CCCCC1. The second kappa shape index (κ2) is 9.23. The van der Waals surface area contributed by atoms with Crippen molar-refractivity contribution >= 4 is 7.85 Å². The van der Waals surface area contributed by atoms with Crippen molar-refractivity contribution in [2.75, 3.05) is 0 Å². The van der Waals surface area contributed by atoms with Crippen molar-refractivity contribution in [2.24, 2.45) is 11.7 Å². The Kier molecular flexibility index (Phi) is 7.64. The first-order valence-corrected chi connectivity index (χ1v) is 9.98. The normalized spacial score (nSPS) is 33.4. The molecule has 0 radical (unpaired) electrons. The molecule has 0 aromatic carbocycles. The Labute approximate surface area is 134 Å².